The highest BCUT2D eigenvalue weighted by atomic mass is 16.3. The summed E-state index contributed by atoms with van der Waals surface area (Å²) in [6.07, 6.45) is 0.530. The van der Waals surface area contributed by atoms with E-state index in [1.165, 1.54) is 24.3 Å². The number of hydrogen-bond acceptors (Lipinski definition) is 5. The van der Waals surface area contributed by atoms with Crippen LogP contribution in [0.2, 0.25) is 0 Å². The topological polar surface area (TPSA) is 119 Å². The minimum atomic E-state index is -0.743. The van der Waals surface area contributed by atoms with Crippen LogP contribution in [0.25, 0.3) is 0 Å². The van der Waals surface area contributed by atoms with Gasteiger partial charge in [-0.1, -0.05) is 18.2 Å². The molecule has 130 valence electrons. The summed E-state index contributed by atoms with van der Waals surface area (Å²) in [5.74, 6) is -0.977. The maximum atomic E-state index is 12.3. The molecule has 1 aliphatic rings. The van der Waals surface area contributed by atoms with Crippen LogP contribution in [0.1, 0.15) is 11.1 Å². The van der Waals surface area contributed by atoms with Crippen LogP contribution < -0.4 is 10.6 Å². The van der Waals surface area contributed by atoms with Crippen molar-refractivity contribution in [3.8, 4) is 17.2 Å². The van der Waals surface area contributed by atoms with E-state index in [2.05, 4.69) is 10.6 Å². The number of carbonyl (C=O) groups is 2. The number of piperazine rings is 1. The average Bonchev–Trinajstić information content (AvgIpc) is 2.57. The molecule has 5 N–H and O–H groups in total. The molecule has 1 heterocycles. The monoisotopic (exact) mass is 342 g/mol. The zero-order valence-electron chi connectivity index (χ0n) is 13.3. The molecule has 0 radical (unpaired) electrons. The molecule has 1 fully saturated rings. The second-order valence-corrected chi connectivity index (χ2v) is 6.02. The van der Waals surface area contributed by atoms with Crippen LogP contribution >= 0.6 is 0 Å². The van der Waals surface area contributed by atoms with Gasteiger partial charge in [-0.05, 0) is 35.4 Å². The van der Waals surface area contributed by atoms with Crippen molar-refractivity contribution < 1.29 is 24.9 Å². The zero-order chi connectivity index (χ0) is 18.0. The Labute approximate surface area is 143 Å². The molecule has 1 aliphatic heterocycles. The van der Waals surface area contributed by atoms with E-state index < -0.39 is 12.1 Å². The summed E-state index contributed by atoms with van der Waals surface area (Å²) in [5.41, 5.74) is 1.44. The number of phenolic OH excluding ortho intramolecular Hbond substituents is 3. The van der Waals surface area contributed by atoms with E-state index in [9.17, 15) is 24.9 Å². The van der Waals surface area contributed by atoms with Gasteiger partial charge in [-0.2, -0.15) is 0 Å². The fraction of sp³-hybridized carbons (Fsp3) is 0.222. The third-order valence-corrected chi connectivity index (χ3v) is 4.12. The Bertz CT molecular complexity index is 804. The predicted octanol–water partition coefficient (Wildman–Crippen LogP) is 0.572. The molecule has 1 saturated heterocycles. The SMILES string of the molecule is O=C1N[C@@H](Cc2ccc(O)c(O)c2)C(=O)N[C@H]1Cc1ccc(O)cc1. The van der Waals surface area contributed by atoms with Gasteiger partial charge in [-0.15, -0.1) is 0 Å². The standard InChI is InChI=1S/C18H18N2O5/c21-12-4-1-10(2-5-12)7-13-17(24)20-14(18(25)19-13)8-11-3-6-15(22)16(23)9-11/h1-6,9,13-14,21-23H,7-8H2,(H,19,25)(H,20,24)/t13-,14-/m0/s1. The molecule has 3 rings (SSSR count). The van der Waals surface area contributed by atoms with Crippen LogP contribution in [0.15, 0.2) is 42.5 Å². The van der Waals surface area contributed by atoms with Crippen LogP contribution in [-0.4, -0.2) is 39.2 Å². The van der Waals surface area contributed by atoms with Gasteiger partial charge in [0.25, 0.3) is 0 Å². The minimum absolute atomic E-state index is 0.137. The van der Waals surface area contributed by atoms with E-state index >= 15 is 0 Å². The lowest BCUT2D eigenvalue weighted by Crippen LogP contribution is -2.62. The summed E-state index contributed by atoms with van der Waals surface area (Å²) < 4.78 is 0. The second kappa shape index (κ2) is 6.72. The number of phenols is 3. The van der Waals surface area contributed by atoms with E-state index in [-0.39, 0.29) is 35.5 Å². The lowest BCUT2D eigenvalue weighted by atomic mass is 9.98. The molecular weight excluding hydrogens is 324 g/mol. The van der Waals surface area contributed by atoms with E-state index in [0.717, 1.165) is 5.56 Å². The number of rotatable bonds is 4. The van der Waals surface area contributed by atoms with Crippen LogP contribution in [0.4, 0.5) is 0 Å². The van der Waals surface area contributed by atoms with Crippen molar-refractivity contribution in [1.29, 1.82) is 0 Å². The third-order valence-electron chi connectivity index (χ3n) is 4.12. The Morgan fingerprint density at radius 2 is 1.24 bits per heavy atom. The molecule has 7 heteroatoms. The number of hydrogen-bond donors (Lipinski definition) is 5. The smallest absolute Gasteiger partial charge is 0.243 e. The highest BCUT2D eigenvalue weighted by Crippen LogP contribution is 2.25. The van der Waals surface area contributed by atoms with E-state index in [1.807, 2.05) is 0 Å². The van der Waals surface area contributed by atoms with Crippen molar-refractivity contribution in [3.05, 3.63) is 53.6 Å². The molecule has 0 aromatic heterocycles. The van der Waals surface area contributed by atoms with Crippen molar-refractivity contribution in [2.45, 2.75) is 24.9 Å². The highest BCUT2D eigenvalue weighted by molar-refractivity contribution is 5.97. The van der Waals surface area contributed by atoms with Gasteiger partial charge in [0.1, 0.15) is 17.8 Å². The highest BCUT2D eigenvalue weighted by Gasteiger charge is 2.33. The lowest BCUT2D eigenvalue weighted by Gasteiger charge is -2.29. The molecular formula is C18H18N2O5. The van der Waals surface area contributed by atoms with Crippen LogP contribution in [0.5, 0.6) is 17.2 Å². The lowest BCUT2D eigenvalue weighted by molar-refractivity contribution is -0.136. The molecule has 2 aromatic carbocycles. The van der Waals surface area contributed by atoms with Gasteiger partial charge in [0.2, 0.25) is 11.8 Å². The van der Waals surface area contributed by atoms with Gasteiger partial charge in [-0.3, -0.25) is 9.59 Å². The number of aromatic hydroxyl groups is 3. The van der Waals surface area contributed by atoms with Gasteiger partial charge in [0.15, 0.2) is 11.5 Å². The molecule has 0 bridgehead atoms. The van der Waals surface area contributed by atoms with Crippen LogP contribution in [0.3, 0.4) is 0 Å². The first-order valence-electron chi connectivity index (χ1n) is 7.82. The van der Waals surface area contributed by atoms with Gasteiger partial charge < -0.3 is 26.0 Å². The first-order valence-corrected chi connectivity index (χ1v) is 7.82. The summed E-state index contributed by atoms with van der Waals surface area (Å²) in [6, 6.07) is 9.29. The molecule has 2 amide bonds. The summed E-state index contributed by atoms with van der Waals surface area (Å²) in [6.45, 7) is 0. The Morgan fingerprint density at radius 1 is 0.720 bits per heavy atom. The molecule has 0 unspecified atom stereocenters. The van der Waals surface area contributed by atoms with E-state index in [4.69, 9.17) is 0 Å². The van der Waals surface area contributed by atoms with Crippen molar-refractivity contribution >= 4 is 11.8 Å². The molecule has 0 aliphatic carbocycles. The largest absolute Gasteiger partial charge is 0.508 e. The minimum Gasteiger partial charge on any atom is -0.508 e. The first-order chi connectivity index (χ1) is 11.9. The maximum Gasteiger partial charge on any atom is 0.243 e. The fourth-order valence-corrected chi connectivity index (χ4v) is 2.76. The summed E-state index contributed by atoms with van der Waals surface area (Å²) >= 11 is 0. The third kappa shape index (κ3) is 3.82. The van der Waals surface area contributed by atoms with Gasteiger partial charge >= 0.3 is 0 Å². The first kappa shape index (κ1) is 16.6. The number of nitrogens with one attached hydrogen (secondary N) is 2. The summed E-state index contributed by atoms with van der Waals surface area (Å²) in [4.78, 5) is 24.5. The Morgan fingerprint density at radius 3 is 1.80 bits per heavy atom. The molecule has 25 heavy (non-hydrogen) atoms. The molecule has 0 spiro atoms. The predicted molar refractivity (Wildman–Crippen MR) is 89.1 cm³/mol. The van der Waals surface area contributed by atoms with Gasteiger partial charge in [0, 0.05) is 12.8 Å². The Kier molecular flexibility index (Phi) is 4.47. The molecule has 2 aromatic rings. The second-order valence-electron chi connectivity index (χ2n) is 6.02. The van der Waals surface area contributed by atoms with Crippen molar-refractivity contribution in [3.63, 3.8) is 0 Å². The van der Waals surface area contributed by atoms with E-state index in [0.29, 0.717) is 12.0 Å². The number of carbonyl (C=O) groups excluding carboxylic acids is 2. The van der Waals surface area contributed by atoms with Crippen molar-refractivity contribution in [2.24, 2.45) is 0 Å². The van der Waals surface area contributed by atoms with Gasteiger partial charge in [-0.25, -0.2) is 0 Å². The quantitative estimate of drug-likeness (QED) is 0.521. The van der Waals surface area contributed by atoms with E-state index in [1.54, 1.807) is 18.2 Å². The molecule has 7 nitrogen and oxygen atoms in total. The Hall–Kier alpha value is -3.22. The summed E-state index contributed by atoms with van der Waals surface area (Å²) in [7, 11) is 0. The molecule has 0 saturated carbocycles. The van der Waals surface area contributed by atoms with Crippen molar-refractivity contribution in [2.75, 3.05) is 0 Å². The van der Waals surface area contributed by atoms with Crippen LogP contribution in [0, 0.1) is 0 Å². The fourth-order valence-electron chi connectivity index (χ4n) is 2.76. The zero-order valence-corrected chi connectivity index (χ0v) is 13.3. The van der Waals surface area contributed by atoms with Crippen molar-refractivity contribution in [1.82, 2.24) is 10.6 Å². The number of benzene rings is 2. The maximum absolute atomic E-state index is 12.3. The Balaban J connectivity index is 1.65. The van der Waals surface area contributed by atoms with Crippen LogP contribution in [-0.2, 0) is 22.4 Å². The van der Waals surface area contributed by atoms with Gasteiger partial charge in [0.05, 0.1) is 0 Å². The summed E-state index contributed by atoms with van der Waals surface area (Å²) in [5, 5.41) is 33.5. The average molecular weight is 342 g/mol. The normalized spacial score (nSPS) is 20.0. The number of amides is 2. The molecule has 2 atom stereocenters.